The number of carbonyl (C=O) groups excluding carboxylic acids is 1. The molecular weight excluding hydrogens is 244 g/mol. The van der Waals surface area contributed by atoms with E-state index >= 15 is 0 Å². The van der Waals surface area contributed by atoms with E-state index in [2.05, 4.69) is 15.2 Å². The maximum atomic E-state index is 12.4. The van der Waals surface area contributed by atoms with Crippen LogP contribution in [0, 0.1) is 0 Å². The average molecular weight is 266 g/mol. The van der Waals surface area contributed by atoms with Crippen molar-refractivity contribution < 1.29 is 9.53 Å². The normalized spacial score (nSPS) is 22.8. The lowest BCUT2D eigenvalue weighted by Crippen LogP contribution is -2.54. The fraction of sp³-hybridized carbons (Fsp3) is 0.769. The number of carbonyl (C=O) groups is 1. The molecule has 1 unspecified atom stereocenters. The van der Waals surface area contributed by atoms with Gasteiger partial charge < -0.3 is 9.64 Å². The van der Waals surface area contributed by atoms with Crippen molar-refractivity contribution in [2.75, 3.05) is 13.1 Å². The third-order valence-electron chi connectivity index (χ3n) is 3.10. The van der Waals surface area contributed by atoms with Gasteiger partial charge in [-0.25, -0.2) is 4.98 Å². The third kappa shape index (κ3) is 3.12. The van der Waals surface area contributed by atoms with E-state index < -0.39 is 0 Å². The molecule has 1 aromatic heterocycles. The number of aromatic amines is 1. The van der Waals surface area contributed by atoms with E-state index in [4.69, 9.17) is 4.74 Å². The highest BCUT2D eigenvalue weighted by atomic mass is 16.5. The zero-order valence-electron chi connectivity index (χ0n) is 12.2. The highest BCUT2D eigenvalue weighted by Gasteiger charge is 2.35. The van der Waals surface area contributed by atoms with Crippen LogP contribution in [0.25, 0.3) is 0 Å². The SMILES string of the molecule is CC1CN(C(=O)c2n[nH]c(C(C)C)n2)CC(C)(C)O1. The van der Waals surface area contributed by atoms with Gasteiger partial charge in [-0.15, -0.1) is 5.10 Å². The second-order valence-corrected chi connectivity index (χ2v) is 6.07. The van der Waals surface area contributed by atoms with E-state index in [1.807, 2.05) is 34.6 Å². The summed E-state index contributed by atoms with van der Waals surface area (Å²) in [4.78, 5) is 18.4. The van der Waals surface area contributed by atoms with Gasteiger partial charge in [0.25, 0.3) is 5.91 Å². The van der Waals surface area contributed by atoms with E-state index in [1.54, 1.807) is 4.90 Å². The van der Waals surface area contributed by atoms with Crippen LogP contribution < -0.4 is 0 Å². The van der Waals surface area contributed by atoms with E-state index in [9.17, 15) is 4.79 Å². The fourth-order valence-electron chi connectivity index (χ4n) is 2.38. The van der Waals surface area contributed by atoms with Crippen molar-refractivity contribution in [3.63, 3.8) is 0 Å². The minimum atomic E-state index is -0.329. The monoisotopic (exact) mass is 266 g/mol. The lowest BCUT2D eigenvalue weighted by Gasteiger charge is -2.41. The molecule has 1 aliphatic rings. The zero-order valence-corrected chi connectivity index (χ0v) is 12.2. The van der Waals surface area contributed by atoms with Gasteiger partial charge in [-0.1, -0.05) is 13.8 Å². The van der Waals surface area contributed by atoms with Crippen LogP contribution in [-0.2, 0) is 4.74 Å². The van der Waals surface area contributed by atoms with Gasteiger partial charge in [0, 0.05) is 19.0 Å². The van der Waals surface area contributed by atoms with Crippen molar-refractivity contribution in [2.24, 2.45) is 0 Å². The Morgan fingerprint density at radius 2 is 2.21 bits per heavy atom. The molecule has 1 atom stereocenters. The smallest absolute Gasteiger partial charge is 0.293 e. The summed E-state index contributed by atoms with van der Waals surface area (Å²) in [5, 5.41) is 6.83. The molecule has 0 radical (unpaired) electrons. The van der Waals surface area contributed by atoms with Crippen LogP contribution in [0.5, 0.6) is 0 Å². The molecule has 2 rings (SSSR count). The van der Waals surface area contributed by atoms with E-state index in [-0.39, 0.29) is 29.4 Å². The fourth-order valence-corrected chi connectivity index (χ4v) is 2.38. The Morgan fingerprint density at radius 3 is 2.74 bits per heavy atom. The Morgan fingerprint density at radius 1 is 1.53 bits per heavy atom. The van der Waals surface area contributed by atoms with Crippen LogP contribution in [0.3, 0.4) is 0 Å². The maximum absolute atomic E-state index is 12.4. The standard InChI is InChI=1S/C13H22N4O2/c1-8(2)10-14-11(16-15-10)12(18)17-6-9(3)19-13(4,5)7-17/h8-9H,6-7H2,1-5H3,(H,14,15,16). The summed E-state index contributed by atoms with van der Waals surface area (Å²) in [6.45, 7) is 11.1. The number of hydrogen-bond donors (Lipinski definition) is 1. The second kappa shape index (κ2) is 4.92. The van der Waals surface area contributed by atoms with Crippen molar-refractivity contribution in [2.45, 2.75) is 52.2 Å². The summed E-state index contributed by atoms with van der Waals surface area (Å²) in [5.74, 6) is 1.08. The molecule has 0 saturated carbocycles. The van der Waals surface area contributed by atoms with Crippen molar-refractivity contribution in [3.8, 4) is 0 Å². The molecular formula is C13H22N4O2. The minimum Gasteiger partial charge on any atom is -0.369 e. The highest BCUT2D eigenvalue weighted by molar-refractivity contribution is 5.90. The Balaban J connectivity index is 2.14. The number of hydrogen-bond acceptors (Lipinski definition) is 4. The Labute approximate surface area is 113 Å². The van der Waals surface area contributed by atoms with E-state index in [1.165, 1.54) is 0 Å². The summed E-state index contributed by atoms with van der Waals surface area (Å²) in [7, 11) is 0. The van der Waals surface area contributed by atoms with Gasteiger partial charge in [-0.3, -0.25) is 9.89 Å². The number of H-pyrrole nitrogens is 1. The molecule has 106 valence electrons. The number of aromatic nitrogens is 3. The lowest BCUT2D eigenvalue weighted by atomic mass is 10.1. The van der Waals surface area contributed by atoms with Crippen LogP contribution in [0.15, 0.2) is 0 Å². The Hall–Kier alpha value is -1.43. The van der Waals surface area contributed by atoms with Gasteiger partial charge in [-0.2, -0.15) is 0 Å². The molecule has 1 saturated heterocycles. The van der Waals surface area contributed by atoms with Crippen LogP contribution in [0.1, 0.15) is 57.0 Å². The predicted molar refractivity (Wildman–Crippen MR) is 71.0 cm³/mol. The first-order valence-corrected chi connectivity index (χ1v) is 6.68. The van der Waals surface area contributed by atoms with Gasteiger partial charge in [0.2, 0.25) is 5.82 Å². The summed E-state index contributed by atoms with van der Waals surface area (Å²) in [5.41, 5.74) is -0.329. The number of rotatable bonds is 2. The molecule has 19 heavy (non-hydrogen) atoms. The molecule has 0 aromatic carbocycles. The van der Waals surface area contributed by atoms with Crippen LogP contribution >= 0.6 is 0 Å². The van der Waals surface area contributed by atoms with Crippen LogP contribution in [0.2, 0.25) is 0 Å². The predicted octanol–water partition coefficient (Wildman–Crippen LogP) is 1.57. The summed E-state index contributed by atoms with van der Waals surface area (Å²) in [6, 6.07) is 0. The molecule has 2 heterocycles. The summed E-state index contributed by atoms with van der Waals surface area (Å²) in [6.07, 6.45) is 0.0243. The van der Waals surface area contributed by atoms with Crippen molar-refractivity contribution >= 4 is 5.91 Å². The largest absolute Gasteiger partial charge is 0.369 e. The molecule has 6 heteroatoms. The summed E-state index contributed by atoms with van der Waals surface area (Å²) < 4.78 is 5.79. The topological polar surface area (TPSA) is 71.1 Å². The summed E-state index contributed by atoms with van der Waals surface area (Å²) >= 11 is 0. The first-order valence-electron chi connectivity index (χ1n) is 6.68. The molecule has 1 fully saturated rings. The highest BCUT2D eigenvalue weighted by Crippen LogP contribution is 2.21. The van der Waals surface area contributed by atoms with Gasteiger partial charge in [0.05, 0.1) is 11.7 Å². The van der Waals surface area contributed by atoms with Crippen molar-refractivity contribution in [3.05, 3.63) is 11.6 Å². The van der Waals surface area contributed by atoms with Gasteiger partial charge in [0.1, 0.15) is 5.82 Å². The molecule has 0 spiro atoms. The molecule has 1 aromatic rings. The molecule has 1 amide bonds. The first kappa shape index (κ1) is 14.0. The van der Waals surface area contributed by atoms with Gasteiger partial charge in [0.15, 0.2) is 0 Å². The van der Waals surface area contributed by atoms with Crippen LogP contribution in [0.4, 0.5) is 0 Å². The Kier molecular flexibility index (Phi) is 3.62. The quantitative estimate of drug-likeness (QED) is 0.882. The van der Waals surface area contributed by atoms with E-state index in [0.29, 0.717) is 13.1 Å². The second-order valence-electron chi connectivity index (χ2n) is 6.07. The lowest BCUT2D eigenvalue weighted by molar-refractivity contribution is -0.119. The maximum Gasteiger partial charge on any atom is 0.293 e. The molecule has 1 aliphatic heterocycles. The third-order valence-corrected chi connectivity index (χ3v) is 3.10. The molecule has 0 aliphatic carbocycles. The molecule has 0 bridgehead atoms. The average Bonchev–Trinajstić information content (AvgIpc) is 2.74. The first-order chi connectivity index (χ1) is 8.78. The van der Waals surface area contributed by atoms with Crippen molar-refractivity contribution in [1.82, 2.24) is 20.1 Å². The number of nitrogens with one attached hydrogen (secondary N) is 1. The number of nitrogens with zero attached hydrogens (tertiary/aromatic N) is 3. The van der Waals surface area contributed by atoms with E-state index in [0.717, 1.165) is 5.82 Å². The molecule has 1 N–H and O–H groups in total. The van der Waals surface area contributed by atoms with Gasteiger partial charge >= 0.3 is 0 Å². The van der Waals surface area contributed by atoms with Crippen LogP contribution in [-0.4, -0.2) is 50.8 Å². The van der Waals surface area contributed by atoms with Gasteiger partial charge in [-0.05, 0) is 20.8 Å². The number of ether oxygens (including phenoxy) is 1. The number of amides is 1. The molecule has 6 nitrogen and oxygen atoms in total. The number of morpholine rings is 1. The zero-order chi connectivity index (χ0) is 14.2. The Bertz CT molecular complexity index is 467. The minimum absolute atomic E-state index is 0.0243. The van der Waals surface area contributed by atoms with Crippen molar-refractivity contribution in [1.29, 1.82) is 0 Å².